The average Bonchev–Trinajstić information content (AvgIpc) is 2.11. The Morgan fingerprint density at radius 3 is 2.46 bits per heavy atom. The fourth-order valence-corrected chi connectivity index (χ4v) is 0.566. The van der Waals surface area contributed by atoms with Gasteiger partial charge in [0.2, 0.25) is 5.91 Å². The minimum Gasteiger partial charge on any atom is -0.479 e. The second-order valence-electron chi connectivity index (χ2n) is 2.74. The quantitative estimate of drug-likeness (QED) is 0.406. The maximum atomic E-state index is 11.0. The van der Waals surface area contributed by atoms with E-state index in [0.717, 1.165) is 0 Å². The molecule has 0 fully saturated rings. The molecule has 0 aliphatic heterocycles. The smallest absolute Gasteiger partial charge is 0.334 e. The maximum Gasteiger partial charge on any atom is 0.334 e. The SMILES string of the molecule is CC(CN)C(=O)NC[C@H](O)C(=O)O. The standard InChI is InChI=1S/C7H14N2O4/c1-4(2-8)6(11)9-3-5(10)7(12)13/h4-5,10H,2-3,8H2,1H3,(H,9,11)(H,12,13)/t4?,5-/m0/s1. The first-order valence-electron chi connectivity index (χ1n) is 3.87. The van der Waals surface area contributed by atoms with Crippen molar-refractivity contribution in [1.29, 1.82) is 0 Å². The Morgan fingerprint density at radius 2 is 2.08 bits per heavy atom. The fourth-order valence-electron chi connectivity index (χ4n) is 0.566. The third kappa shape index (κ3) is 4.44. The molecule has 0 radical (unpaired) electrons. The highest BCUT2D eigenvalue weighted by Crippen LogP contribution is 1.90. The lowest BCUT2D eigenvalue weighted by molar-refractivity contribution is -0.146. The van der Waals surface area contributed by atoms with Gasteiger partial charge in [-0.15, -0.1) is 0 Å². The molecule has 0 heterocycles. The van der Waals surface area contributed by atoms with Crippen molar-refractivity contribution < 1.29 is 19.8 Å². The number of aliphatic hydroxyl groups excluding tert-OH is 1. The summed E-state index contributed by atoms with van der Waals surface area (Å²) in [5.41, 5.74) is 5.20. The van der Waals surface area contributed by atoms with Crippen molar-refractivity contribution in [3.8, 4) is 0 Å². The summed E-state index contributed by atoms with van der Waals surface area (Å²) in [5, 5.41) is 19.3. The fraction of sp³-hybridized carbons (Fsp3) is 0.714. The number of nitrogens with one attached hydrogen (secondary N) is 1. The summed E-state index contributed by atoms with van der Waals surface area (Å²) in [5.74, 6) is -2.09. The van der Waals surface area contributed by atoms with Crippen molar-refractivity contribution in [2.75, 3.05) is 13.1 Å². The van der Waals surface area contributed by atoms with Gasteiger partial charge in [-0.2, -0.15) is 0 Å². The molecule has 5 N–H and O–H groups in total. The molecule has 1 unspecified atom stereocenters. The Labute approximate surface area is 75.7 Å². The number of hydrogen-bond donors (Lipinski definition) is 4. The van der Waals surface area contributed by atoms with E-state index in [4.69, 9.17) is 15.9 Å². The molecule has 76 valence electrons. The summed E-state index contributed by atoms with van der Waals surface area (Å²) in [4.78, 5) is 21.1. The van der Waals surface area contributed by atoms with Crippen molar-refractivity contribution in [2.24, 2.45) is 11.7 Å². The molecule has 0 saturated carbocycles. The van der Waals surface area contributed by atoms with E-state index in [2.05, 4.69) is 5.32 Å². The van der Waals surface area contributed by atoms with Gasteiger partial charge in [-0.3, -0.25) is 4.79 Å². The van der Waals surface area contributed by atoms with Crippen molar-refractivity contribution in [3.05, 3.63) is 0 Å². The predicted molar refractivity (Wildman–Crippen MR) is 44.9 cm³/mol. The van der Waals surface area contributed by atoms with E-state index in [9.17, 15) is 9.59 Å². The van der Waals surface area contributed by atoms with E-state index in [0.29, 0.717) is 0 Å². The topological polar surface area (TPSA) is 113 Å². The maximum absolute atomic E-state index is 11.0. The van der Waals surface area contributed by atoms with Gasteiger partial charge in [-0.1, -0.05) is 6.92 Å². The largest absolute Gasteiger partial charge is 0.479 e. The first-order chi connectivity index (χ1) is 5.99. The number of hydrogen-bond acceptors (Lipinski definition) is 4. The third-order valence-electron chi connectivity index (χ3n) is 1.56. The second-order valence-corrected chi connectivity index (χ2v) is 2.74. The van der Waals surface area contributed by atoms with Crippen LogP contribution in [0.1, 0.15) is 6.92 Å². The molecule has 6 nitrogen and oxygen atoms in total. The number of rotatable bonds is 5. The van der Waals surface area contributed by atoms with Gasteiger partial charge in [-0.25, -0.2) is 4.79 Å². The summed E-state index contributed by atoms with van der Waals surface area (Å²) in [6, 6.07) is 0. The second kappa shape index (κ2) is 5.50. The monoisotopic (exact) mass is 190 g/mol. The van der Waals surface area contributed by atoms with Gasteiger partial charge in [0.15, 0.2) is 6.10 Å². The van der Waals surface area contributed by atoms with Crippen molar-refractivity contribution >= 4 is 11.9 Å². The Balaban J connectivity index is 3.76. The van der Waals surface area contributed by atoms with Gasteiger partial charge >= 0.3 is 5.97 Å². The Bertz CT molecular complexity index is 195. The zero-order valence-corrected chi connectivity index (χ0v) is 7.36. The molecule has 0 saturated heterocycles. The molecule has 0 aromatic carbocycles. The molecule has 0 spiro atoms. The number of nitrogens with two attached hydrogens (primary N) is 1. The molecular weight excluding hydrogens is 176 g/mol. The van der Waals surface area contributed by atoms with Crippen LogP contribution in [0.25, 0.3) is 0 Å². The lowest BCUT2D eigenvalue weighted by Crippen LogP contribution is -2.40. The summed E-state index contributed by atoms with van der Waals surface area (Å²) >= 11 is 0. The van der Waals surface area contributed by atoms with E-state index >= 15 is 0 Å². The molecule has 0 aromatic heterocycles. The van der Waals surface area contributed by atoms with Gasteiger partial charge < -0.3 is 21.3 Å². The lowest BCUT2D eigenvalue weighted by atomic mass is 10.1. The average molecular weight is 190 g/mol. The number of carboxylic acids is 1. The van der Waals surface area contributed by atoms with Crippen molar-refractivity contribution in [3.63, 3.8) is 0 Å². The van der Waals surface area contributed by atoms with Crippen LogP contribution < -0.4 is 11.1 Å². The predicted octanol–water partition coefficient (Wildman–Crippen LogP) is -1.86. The van der Waals surface area contributed by atoms with E-state index in [1.54, 1.807) is 6.92 Å². The molecule has 0 rings (SSSR count). The number of aliphatic carboxylic acids is 1. The van der Waals surface area contributed by atoms with Crippen LogP contribution in [0.5, 0.6) is 0 Å². The summed E-state index contributed by atoms with van der Waals surface area (Å²) in [6.07, 6.45) is -1.56. The molecule has 6 heteroatoms. The third-order valence-corrected chi connectivity index (χ3v) is 1.56. The minimum atomic E-state index is -1.56. The molecular formula is C7H14N2O4. The van der Waals surface area contributed by atoms with Crippen LogP contribution in [0, 0.1) is 5.92 Å². The number of carbonyl (C=O) groups is 2. The van der Waals surface area contributed by atoms with Gasteiger partial charge in [0.25, 0.3) is 0 Å². The van der Waals surface area contributed by atoms with Crippen LogP contribution in [-0.2, 0) is 9.59 Å². The first kappa shape index (κ1) is 11.9. The summed E-state index contributed by atoms with van der Waals surface area (Å²) < 4.78 is 0. The van der Waals surface area contributed by atoms with Crippen molar-refractivity contribution in [1.82, 2.24) is 5.32 Å². The van der Waals surface area contributed by atoms with Crippen LogP contribution in [-0.4, -0.2) is 41.3 Å². The van der Waals surface area contributed by atoms with Gasteiger partial charge in [0.1, 0.15) is 0 Å². The van der Waals surface area contributed by atoms with E-state index in [1.807, 2.05) is 0 Å². The van der Waals surface area contributed by atoms with Crippen molar-refractivity contribution in [2.45, 2.75) is 13.0 Å². The van der Waals surface area contributed by atoms with Crippen LogP contribution in [0.3, 0.4) is 0 Å². The first-order valence-corrected chi connectivity index (χ1v) is 3.87. The minimum absolute atomic E-state index is 0.189. The number of amides is 1. The molecule has 0 aliphatic carbocycles. The van der Waals surface area contributed by atoms with Crippen LogP contribution in [0.15, 0.2) is 0 Å². The molecule has 2 atom stereocenters. The summed E-state index contributed by atoms with van der Waals surface area (Å²) in [6.45, 7) is 1.51. The Hall–Kier alpha value is -1.14. The Morgan fingerprint density at radius 1 is 1.54 bits per heavy atom. The summed E-state index contributed by atoms with van der Waals surface area (Å²) in [7, 11) is 0. The molecule has 1 amide bonds. The van der Waals surface area contributed by atoms with Gasteiger partial charge in [-0.05, 0) is 0 Å². The molecule has 13 heavy (non-hydrogen) atoms. The van der Waals surface area contributed by atoms with Crippen LogP contribution in [0.2, 0.25) is 0 Å². The van der Waals surface area contributed by atoms with Gasteiger partial charge in [0, 0.05) is 12.5 Å². The Kier molecular flexibility index (Phi) is 5.01. The van der Waals surface area contributed by atoms with E-state index in [1.165, 1.54) is 0 Å². The van der Waals surface area contributed by atoms with E-state index in [-0.39, 0.29) is 24.9 Å². The van der Waals surface area contributed by atoms with Crippen LogP contribution >= 0.6 is 0 Å². The molecule has 0 aromatic rings. The lowest BCUT2D eigenvalue weighted by Gasteiger charge is -2.11. The van der Waals surface area contributed by atoms with Gasteiger partial charge in [0.05, 0.1) is 6.54 Å². The molecule has 0 aliphatic rings. The molecule has 0 bridgehead atoms. The normalized spacial score (nSPS) is 14.7. The van der Waals surface area contributed by atoms with E-state index < -0.39 is 12.1 Å². The van der Waals surface area contributed by atoms with Crippen LogP contribution in [0.4, 0.5) is 0 Å². The highest BCUT2D eigenvalue weighted by molar-refractivity contribution is 5.79. The zero-order valence-electron chi connectivity index (χ0n) is 7.36. The highest BCUT2D eigenvalue weighted by Gasteiger charge is 2.16. The zero-order chi connectivity index (χ0) is 10.4. The highest BCUT2D eigenvalue weighted by atomic mass is 16.4. The number of carboxylic acid groups (broad SMARTS) is 1. The number of aliphatic hydroxyl groups is 1. The number of carbonyl (C=O) groups excluding carboxylic acids is 1.